The largest absolute Gasteiger partial charge is 1.00 e. The van der Waals surface area contributed by atoms with E-state index < -0.39 is 34.6 Å². The van der Waals surface area contributed by atoms with Crippen LogP contribution < -0.4 is 29.6 Å². The van der Waals surface area contributed by atoms with Crippen molar-refractivity contribution in [1.82, 2.24) is 0 Å². The van der Waals surface area contributed by atoms with Gasteiger partial charge in [0.05, 0.1) is 0 Å². The molecule has 0 aromatic rings. The normalized spacial score (nSPS) is 13.3. The fourth-order valence-electron chi connectivity index (χ4n) is 0.654. The molecular formula is C7H13NaO6S. The zero-order valence-electron chi connectivity index (χ0n) is 9.58. The first kappa shape index (κ1) is 17.5. The number of esters is 1. The van der Waals surface area contributed by atoms with Gasteiger partial charge in [-0.2, -0.15) is 8.42 Å². The molecule has 1 unspecified atom stereocenters. The Hall–Kier alpha value is 0.0800. The summed E-state index contributed by atoms with van der Waals surface area (Å²) >= 11 is 0. The molecule has 84 valence electrons. The quantitative estimate of drug-likeness (QED) is 0.226. The van der Waals surface area contributed by atoms with Crippen LogP contribution in [0.3, 0.4) is 0 Å². The molecule has 0 radical (unpaired) electrons. The summed E-state index contributed by atoms with van der Waals surface area (Å²) in [7, 11) is -4.24. The molecule has 6 nitrogen and oxygen atoms in total. The number of ether oxygens (including phenoxy) is 1. The number of allylic oxidation sites excluding steroid dienone is 1. The number of hydrogen-bond donors (Lipinski definition) is 2. The monoisotopic (exact) mass is 248 g/mol. The zero-order chi connectivity index (χ0) is 11.2. The maximum Gasteiger partial charge on any atom is 1.00 e. The number of rotatable bonds is 5. The van der Waals surface area contributed by atoms with Crippen LogP contribution in [-0.4, -0.2) is 42.5 Å². The fourth-order valence-corrected chi connectivity index (χ4v) is 1.24. The third-order valence-corrected chi connectivity index (χ3v) is 1.93. The summed E-state index contributed by atoms with van der Waals surface area (Å²) in [6.45, 7) is 1.14. The second-order valence-electron chi connectivity index (χ2n) is 2.53. The van der Waals surface area contributed by atoms with Crippen molar-refractivity contribution in [3.63, 3.8) is 0 Å². The van der Waals surface area contributed by atoms with Crippen LogP contribution in [0.25, 0.3) is 0 Å². The zero-order valence-corrected chi connectivity index (χ0v) is 11.4. The molecule has 1 atom stereocenters. The van der Waals surface area contributed by atoms with Crippen molar-refractivity contribution in [2.45, 2.75) is 13.0 Å². The van der Waals surface area contributed by atoms with E-state index in [1.807, 2.05) is 0 Å². The molecule has 0 amide bonds. The Kier molecular flexibility index (Phi) is 9.62. The van der Waals surface area contributed by atoms with E-state index in [1.165, 1.54) is 6.08 Å². The van der Waals surface area contributed by atoms with E-state index in [-0.39, 0.29) is 31.0 Å². The van der Waals surface area contributed by atoms with Crippen LogP contribution >= 0.6 is 0 Å². The smallest absolute Gasteiger partial charge is 1.00 e. The van der Waals surface area contributed by atoms with Gasteiger partial charge < -0.3 is 11.3 Å². The summed E-state index contributed by atoms with van der Waals surface area (Å²) < 4.78 is 33.3. The van der Waals surface area contributed by atoms with Crippen molar-refractivity contribution >= 4 is 16.1 Å². The predicted octanol–water partition coefficient (Wildman–Crippen LogP) is -3.53. The molecule has 0 aromatic heterocycles. The van der Waals surface area contributed by atoms with E-state index in [4.69, 9.17) is 9.66 Å². The molecule has 0 rings (SSSR count). The van der Waals surface area contributed by atoms with Crippen molar-refractivity contribution in [3.8, 4) is 0 Å². The van der Waals surface area contributed by atoms with E-state index in [9.17, 15) is 13.2 Å². The molecular weight excluding hydrogens is 235 g/mol. The molecule has 0 aromatic carbocycles. The Balaban J connectivity index is -0.000000845. The Morgan fingerprint density at radius 3 is 2.53 bits per heavy atom. The van der Waals surface area contributed by atoms with Crippen LogP contribution in [0, 0.1) is 0 Å². The average Bonchev–Trinajstić information content (AvgIpc) is 1.98. The first-order valence-electron chi connectivity index (χ1n) is 3.78. The van der Waals surface area contributed by atoms with E-state index in [1.54, 1.807) is 6.92 Å². The summed E-state index contributed by atoms with van der Waals surface area (Å²) in [4.78, 5) is 10.7. The Morgan fingerprint density at radius 1 is 1.60 bits per heavy atom. The molecule has 0 fully saturated rings. The standard InChI is InChI=1S/C7H12O6S.Na.H/c1-2-3-7(9)13-4-6(8)5-14(10,11)12;;/h2-3,6,8H,4-5H2,1H3,(H,10,11,12);;/q;+1;-1. The molecule has 0 aliphatic carbocycles. The number of carbonyl (C=O) groups excluding carboxylic acids is 1. The molecule has 0 saturated heterocycles. The molecule has 2 N–H and O–H groups in total. The average molecular weight is 248 g/mol. The summed E-state index contributed by atoms with van der Waals surface area (Å²) in [6.07, 6.45) is 1.15. The van der Waals surface area contributed by atoms with E-state index in [0.29, 0.717) is 0 Å². The second-order valence-corrected chi connectivity index (χ2v) is 4.03. The van der Waals surface area contributed by atoms with Crippen LogP contribution in [0.4, 0.5) is 0 Å². The molecule has 0 saturated carbocycles. The summed E-state index contributed by atoms with van der Waals surface area (Å²) in [5, 5.41) is 8.96. The molecule has 0 heterocycles. The molecule has 15 heavy (non-hydrogen) atoms. The van der Waals surface area contributed by atoms with Crippen LogP contribution in [0.2, 0.25) is 0 Å². The van der Waals surface area contributed by atoms with E-state index >= 15 is 0 Å². The first-order chi connectivity index (χ1) is 6.35. The predicted molar refractivity (Wildman–Crippen MR) is 49.3 cm³/mol. The number of hydrogen-bond acceptors (Lipinski definition) is 5. The van der Waals surface area contributed by atoms with Crippen molar-refractivity contribution in [3.05, 3.63) is 12.2 Å². The summed E-state index contributed by atoms with van der Waals surface area (Å²) in [5.41, 5.74) is 0. The van der Waals surface area contributed by atoms with Crippen LogP contribution in [-0.2, 0) is 19.6 Å². The van der Waals surface area contributed by atoms with Crippen LogP contribution in [0.1, 0.15) is 8.35 Å². The summed E-state index contributed by atoms with van der Waals surface area (Å²) in [5.74, 6) is -1.53. The van der Waals surface area contributed by atoms with Gasteiger partial charge in [-0.3, -0.25) is 4.55 Å². The Morgan fingerprint density at radius 2 is 2.13 bits per heavy atom. The molecule has 8 heteroatoms. The topological polar surface area (TPSA) is 101 Å². The van der Waals surface area contributed by atoms with Crippen LogP contribution in [0.15, 0.2) is 12.2 Å². The van der Waals surface area contributed by atoms with Gasteiger partial charge in [-0.25, -0.2) is 4.79 Å². The van der Waals surface area contributed by atoms with Crippen molar-refractivity contribution in [1.29, 1.82) is 0 Å². The number of aliphatic hydroxyl groups excluding tert-OH is 1. The molecule has 0 spiro atoms. The third kappa shape index (κ3) is 12.0. The van der Waals surface area contributed by atoms with Gasteiger partial charge in [0.1, 0.15) is 18.5 Å². The molecule has 0 aliphatic rings. The van der Waals surface area contributed by atoms with E-state index in [2.05, 4.69) is 4.74 Å². The third-order valence-electron chi connectivity index (χ3n) is 1.12. The van der Waals surface area contributed by atoms with Gasteiger partial charge in [0, 0.05) is 6.08 Å². The molecule has 0 aliphatic heterocycles. The summed E-state index contributed by atoms with van der Waals surface area (Å²) in [6, 6.07) is 0. The van der Waals surface area contributed by atoms with Gasteiger partial charge in [0.25, 0.3) is 10.1 Å². The number of aliphatic hydroxyl groups is 1. The minimum atomic E-state index is -4.24. The SMILES string of the molecule is CC=CC(=O)OCC(O)CS(=O)(=O)O.[H-].[Na+]. The van der Waals surface area contributed by atoms with Gasteiger partial charge in [-0.1, -0.05) is 6.08 Å². The van der Waals surface area contributed by atoms with Gasteiger partial charge in [0.15, 0.2) is 0 Å². The maximum absolute atomic E-state index is 10.7. The van der Waals surface area contributed by atoms with Crippen LogP contribution in [0.5, 0.6) is 0 Å². The minimum Gasteiger partial charge on any atom is -1.00 e. The van der Waals surface area contributed by atoms with Gasteiger partial charge in [-0.05, 0) is 6.92 Å². The Bertz CT molecular complexity index is 315. The van der Waals surface area contributed by atoms with Gasteiger partial charge in [-0.15, -0.1) is 0 Å². The maximum atomic E-state index is 10.7. The van der Waals surface area contributed by atoms with Gasteiger partial charge >= 0.3 is 35.5 Å². The first-order valence-corrected chi connectivity index (χ1v) is 5.38. The fraction of sp³-hybridized carbons (Fsp3) is 0.571. The van der Waals surface area contributed by atoms with Gasteiger partial charge in [0.2, 0.25) is 0 Å². The van der Waals surface area contributed by atoms with Crippen molar-refractivity contribution in [2.75, 3.05) is 12.4 Å². The second kappa shape index (κ2) is 8.26. The Labute approximate surface area is 112 Å². The van der Waals surface area contributed by atoms with E-state index in [0.717, 1.165) is 6.08 Å². The molecule has 0 bridgehead atoms. The van der Waals surface area contributed by atoms with Crippen molar-refractivity contribution < 1.29 is 58.6 Å². The van der Waals surface area contributed by atoms with Crippen molar-refractivity contribution in [2.24, 2.45) is 0 Å². The number of carbonyl (C=O) groups is 1. The minimum absolute atomic E-state index is 0.